The summed E-state index contributed by atoms with van der Waals surface area (Å²) in [6, 6.07) is 12.6. The van der Waals surface area contributed by atoms with Gasteiger partial charge in [0.15, 0.2) is 0 Å². The van der Waals surface area contributed by atoms with Crippen LogP contribution in [0.2, 0.25) is 0 Å². The number of anilines is 4. The van der Waals surface area contributed by atoms with Crippen LogP contribution in [0, 0.1) is 0 Å². The highest BCUT2D eigenvalue weighted by molar-refractivity contribution is 5.87. The number of rotatable bonds is 4. The fourth-order valence-corrected chi connectivity index (χ4v) is 5.09. The predicted molar refractivity (Wildman–Crippen MR) is 129 cm³/mol. The van der Waals surface area contributed by atoms with Crippen molar-refractivity contribution in [3.05, 3.63) is 48.2 Å². The first-order chi connectivity index (χ1) is 15.0. The van der Waals surface area contributed by atoms with Crippen molar-refractivity contribution < 1.29 is 0 Å². The van der Waals surface area contributed by atoms with Crippen LogP contribution in [-0.2, 0) is 0 Å². The van der Waals surface area contributed by atoms with Crippen molar-refractivity contribution in [1.29, 1.82) is 0 Å². The lowest BCUT2D eigenvalue weighted by Gasteiger charge is -2.40. The molecule has 1 saturated heterocycles. The summed E-state index contributed by atoms with van der Waals surface area (Å²) < 4.78 is 0. The molecule has 162 valence electrons. The maximum Gasteiger partial charge on any atom is 0.227 e. The molecule has 2 heterocycles. The number of nitrogens with zero attached hydrogens (tertiary/aromatic N) is 3. The molecule has 3 aromatic rings. The molecule has 1 saturated carbocycles. The number of nitrogens with two attached hydrogens (primary N) is 1. The number of nitrogens with one attached hydrogen (secondary N) is 2. The molecule has 2 fully saturated rings. The van der Waals surface area contributed by atoms with Crippen molar-refractivity contribution in [2.24, 2.45) is 0 Å². The Balaban J connectivity index is 1.38. The van der Waals surface area contributed by atoms with E-state index in [1.165, 1.54) is 36.9 Å². The third-order valence-electron chi connectivity index (χ3n) is 6.65. The molecule has 5 rings (SSSR count). The van der Waals surface area contributed by atoms with Crippen LogP contribution in [0.25, 0.3) is 10.9 Å². The number of piperazine rings is 1. The first-order valence-corrected chi connectivity index (χ1v) is 11.4. The third kappa shape index (κ3) is 4.17. The van der Waals surface area contributed by atoms with Gasteiger partial charge >= 0.3 is 0 Å². The second-order valence-corrected chi connectivity index (χ2v) is 9.59. The summed E-state index contributed by atoms with van der Waals surface area (Å²) in [4.78, 5) is 11.9. The SMILES string of the molecule is CC1(C)CN(c2ccc(Nc3ncc4ccc(N)c(C5CCCC5)c4n3)cc2)CCN1. The van der Waals surface area contributed by atoms with Gasteiger partial charge in [-0.1, -0.05) is 12.8 Å². The molecule has 0 atom stereocenters. The summed E-state index contributed by atoms with van der Waals surface area (Å²) in [5, 5.41) is 8.01. The van der Waals surface area contributed by atoms with Gasteiger partial charge in [0.1, 0.15) is 0 Å². The molecule has 2 aliphatic rings. The van der Waals surface area contributed by atoms with Gasteiger partial charge in [0.25, 0.3) is 0 Å². The summed E-state index contributed by atoms with van der Waals surface area (Å²) in [7, 11) is 0. The van der Waals surface area contributed by atoms with E-state index < -0.39 is 0 Å². The van der Waals surface area contributed by atoms with Crippen molar-refractivity contribution in [3.8, 4) is 0 Å². The lowest BCUT2D eigenvalue weighted by Crippen LogP contribution is -2.57. The first kappa shape index (κ1) is 20.1. The molecule has 6 heteroatoms. The van der Waals surface area contributed by atoms with E-state index in [1.807, 2.05) is 18.3 Å². The normalized spacial score (nSPS) is 19.1. The molecule has 0 amide bonds. The lowest BCUT2D eigenvalue weighted by molar-refractivity contribution is 0.353. The zero-order valence-corrected chi connectivity index (χ0v) is 18.5. The highest BCUT2D eigenvalue weighted by atomic mass is 15.2. The Morgan fingerprint density at radius 3 is 2.61 bits per heavy atom. The highest BCUT2D eigenvalue weighted by Crippen LogP contribution is 2.40. The minimum absolute atomic E-state index is 0.132. The summed E-state index contributed by atoms with van der Waals surface area (Å²) in [6.45, 7) is 7.52. The smallest absolute Gasteiger partial charge is 0.227 e. The number of benzene rings is 2. The van der Waals surface area contributed by atoms with Gasteiger partial charge in [-0.25, -0.2) is 9.97 Å². The number of nitrogen functional groups attached to an aromatic ring is 1. The van der Waals surface area contributed by atoms with Crippen LogP contribution in [0.3, 0.4) is 0 Å². The monoisotopic (exact) mass is 416 g/mol. The van der Waals surface area contributed by atoms with E-state index in [1.54, 1.807) is 0 Å². The third-order valence-corrected chi connectivity index (χ3v) is 6.65. The fraction of sp³-hybridized carbons (Fsp3) is 0.440. The highest BCUT2D eigenvalue weighted by Gasteiger charge is 2.26. The van der Waals surface area contributed by atoms with Crippen molar-refractivity contribution >= 4 is 33.9 Å². The van der Waals surface area contributed by atoms with Gasteiger partial charge in [-0.3, -0.25) is 0 Å². The Hall–Kier alpha value is -2.86. The van der Waals surface area contributed by atoms with Crippen LogP contribution in [0.4, 0.5) is 23.0 Å². The van der Waals surface area contributed by atoms with E-state index in [4.69, 9.17) is 10.7 Å². The zero-order valence-electron chi connectivity index (χ0n) is 18.5. The average Bonchev–Trinajstić information content (AvgIpc) is 3.28. The maximum absolute atomic E-state index is 6.39. The molecule has 4 N–H and O–H groups in total. The van der Waals surface area contributed by atoms with Gasteiger partial charge in [-0.15, -0.1) is 0 Å². The summed E-state index contributed by atoms with van der Waals surface area (Å²) >= 11 is 0. The van der Waals surface area contributed by atoms with Crippen molar-refractivity contribution in [1.82, 2.24) is 15.3 Å². The van der Waals surface area contributed by atoms with Crippen LogP contribution in [0.15, 0.2) is 42.6 Å². The average molecular weight is 417 g/mol. The second-order valence-electron chi connectivity index (χ2n) is 9.59. The Labute approximate surface area is 184 Å². The minimum atomic E-state index is 0.132. The molecule has 2 aromatic carbocycles. The van der Waals surface area contributed by atoms with E-state index in [9.17, 15) is 0 Å². The van der Waals surface area contributed by atoms with E-state index >= 15 is 0 Å². The molecule has 31 heavy (non-hydrogen) atoms. The van der Waals surface area contributed by atoms with E-state index in [0.717, 1.165) is 41.9 Å². The van der Waals surface area contributed by atoms with Gasteiger partial charge in [0, 0.05) is 59.4 Å². The van der Waals surface area contributed by atoms with Gasteiger partial charge in [-0.2, -0.15) is 0 Å². The van der Waals surface area contributed by atoms with E-state index in [0.29, 0.717) is 11.9 Å². The molecule has 1 aliphatic heterocycles. The second kappa shape index (κ2) is 8.00. The quantitative estimate of drug-likeness (QED) is 0.530. The summed E-state index contributed by atoms with van der Waals surface area (Å²) in [5.74, 6) is 1.13. The van der Waals surface area contributed by atoms with Gasteiger partial charge < -0.3 is 21.3 Å². The van der Waals surface area contributed by atoms with Crippen LogP contribution in [-0.4, -0.2) is 35.1 Å². The number of hydrogen-bond acceptors (Lipinski definition) is 6. The number of hydrogen-bond donors (Lipinski definition) is 3. The Morgan fingerprint density at radius 2 is 1.87 bits per heavy atom. The molecule has 6 nitrogen and oxygen atoms in total. The molecular formula is C25H32N6. The lowest BCUT2D eigenvalue weighted by atomic mass is 9.93. The topological polar surface area (TPSA) is 79.1 Å². The Bertz CT molecular complexity index is 1070. The molecular weight excluding hydrogens is 384 g/mol. The van der Waals surface area contributed by atoms with Crippen LogP contribution < -0.4 is 21.3 Å². The molecule has 0 radical (unpaired) electrons. The zero-order chi connectivity index (χ0) is 21.4. The predicted octanol–water partition coefficient (Wildman–Crippen LogP) is 4.80. The number of fused-ring (bicyclic) bond motifs is 1. The Kier molecular flexibility index (Phi) is 5.18. The van der Waals surface area contributed by atoms with Crippen LogP contribution >= 0.6 is 0 Å². The summed E-state index contributed by atoms with van der Waals surface area (Å²) in [6.07, 6.45) is 6.83. The van der Waals surface area contributed by atoms with Gasteiger partial charge in [0.05, 0.1) is 5.52 Å². The Morgan fingerprint density at radius 1 is 1.10 bits per heavy atom. The first-order valence-electron chi connectivity index (χ1n) is 11.4. The van der Waals surface area contributed by atoms with Crippen molar-refractivity contribution in [2.75, 3.05) is 35.6 Å². The largest absolute Gasteiger partial charge is 0.398 e. The molecule has 0 bridgehead atoms. The molecule has 1 aromatic heterocycles. The molecule has 1 aliphatic carbocycles. The molecule has 0 spiro atoms. The van der Waals surface area contributed by atoms with E-state index in [2.05, 4.69) is 58.6 Å². The molecule has 0 unspecified atom stereocenters. The van der Waals surface area contributed by atoms with Crippen molar-refractivity contribution in [3.63, 3.8) is 0 Å². The number of aromatic nitrogens is 2. The maximum atomic E-state index is 6.39. The fourth-order valence-electron chi connectivity index (χ4n) is 5.09. The van der Waals surface area contributed by atoms with Gasteiger partial charge in [0.2, 0.25) is 5.95 Å². The van der Waals surface area contributed by atoms with Crippen molar-refractivity contribution in [2.45, 2.75) is 51.0 Å². The van der Waals surface area contributed by atoms with Crippen LogP contribution in [0.5, 0.6) is 0 Å². The summed E-state index contributed by atoms with van der Waals surface area (Å²) in [5.41, 5.74) is 11.8. The van der Waals surface area contributed by atoms with Crippen LogP contribution in [0.1, 0.15) is 51.0 Å². The van der Waals surface area contributed by atoms with Gasteiger partial charge in [-0.05, 0) is 69.0 Å². The minimum Gasteiger partial charge on any atom is -0.398 e. The van der Waals surface area contributed by atoms with E-state index in [-0.39, 0.29) is 5.54 Å². The standard InChI is InChI=1S/C25H32N6/c1-25(2)16-31(14-13-28-25)20-10-8-19(9-11-20)29-24-27-15-18-7-12-21(26)22(23(18)30-24)17-5-3-4-6-17/h7-12,15,17,28H,3-6,13-14,16,26H2,1-2H3,(H,27,29,30).